The van der Waals surface area contributed by atoms with E-state index in [1.54, 1.807) is 13.2 Å². The van der Waals surface area contributed by atoms with Crippen LogP contribution in [0.4, 0.5) is 4.39 Å². The van der Waals surface area contributed by atoms with Crippen molar-refractivity contribution in [2.45, 2.75) is 83.6 Å². The van der Waals surface area contributed by atoms with Crippen molar-refractivity contribution in [3.8, 4) is 5.75 Å². The molecule has 1 unspecified atom stereocenters. The van der Waals surface area contributed by atoms with E-state index in [-0.39, 0.29) is 51.2 Å². The van der Waals surface area contributed by atoms with E-state index in [0.717, 1.165) is 11.1 Å². The van der Waals surface area contributed by atoms with Crippen LogP contribution in [-0.4, -0.2) is 37.5 Å². The first-order valence-corrected chi connectivity index (χ1v) is 15.4. The second kappa shape index (κ2) is 11.6. The lowest BCUT2D eigenvalue weighted by Gasteiger charge is -2.42. The summed E-state index contributed by atoms with van der Waals surface area (Å²) in [6.45, 7) is 13.3. The summed E-state index contributed by atoms with van der Waals surface area (Å²) < 4.78 is 27.3. The molecule has 1 N–H and O–H groups in total. The van der Waals surface area contributed by atoms with E-state index in [1.165, 1.54) is 16.7 Å². The normalized spacial score (nSPS) is 15.6. The number of hydrogen-bond donors (Lipinski definition) is 1. The number of ether oxygens (including phenoxy) is 1. The predicted molar refractivity (Wildman–Crippen MR) is 145 cm³/mol. The van der Waals surface area contributed by atoms with Crippen LogP contribution in [0.25, 0.3) is 0 Å². The molecule has 0 aliphatic heterocycles. The molecule has 1 aliphatic rings. The molecule has 1 atom stereocenters. The van der Waals surface area contributed by atoms with Gasteiger partial charge in [0.1, 0.15) is 5.82 Å². The summed E-state index contributed by atoms with van der Waals surface area (Å²) in [6.07, 6.45) is 1.32. The number of hydrogen-bond acceptors (Lipinski definition) is 5. The zero-order valence-electron chi connectivity index (χ0n) is 22.2. The minimum Gasteiger partial charge on any atom is -0.537 e. The van der Waals surface area contributed by atoms with Crippen LogP contribution in [0.5, 0.6) is 5.75 Å². The van der Waals surface area contributed by atoms with Crippen LogP contribution in [0.15, 0.2) is 27.7 Å². The number of nitrogens with one attached hydrogen (secondary N) is 1. The third-order valence-electron chi connectivity index (χ3n) is 7.29. The number of benzene rings is 1. The number of aromatic nitrogens is 2. The summed E-state index contributed by atoms with van der Waals surface area (Å²) in [5.74, 6) is -0.783. The van der Waals surface area contributed by atoms with E-state index >= 15 is 0 Å². The maximum absolute atomic E-state index is 13.8. The molecule has 1 aliphatic carbocycles. The Morgan fingerprint density at radius 2 is 1.86 bits per heavy atom. The Hall–Kier alpha value is -2.04. The second-order valence-electron chi connectivity index (χ2n) is 10.3. The maximum Gasteiger partial charge on any atom is 0.296 e. The first kappa shape index (κ1) is 28.5. The van der Waals surface area contributed by atoms with Gasteiger partial charge in [0.15, 0.2) is 10.4 Å². The molecule has 3 rings (SSSR count). The fraction of sp³-hybridized carbons (Fsp3) is 0.577. The third kappa shape index (κ3) is 5.45. The number of rotatable bonds is 10. The fourth-order valence-electron chi connectivity index (χ4n) is 5.63. The number of halogens is 2. The van der Waals surface area contributed by atoms with E-state index < -0.39 is 19.8 Å². The molecule has 198 valence electrons. The van der Waals surface area contributed by atoms with Crippen LogP contribution in [0, 0.1) is 5.82 Å². The quantitative estimate of drug-likeness (QED) is 0.285. The minimum atomic E-state index is -2.58. The molecular weight excluding hydrogens is 545 g/mol. The zero-order chi connectivity index (χ0) is 26.8. The summed E-state index contributed by atoms with van der Waals surface area (Å²) in [4.78, 5) is 31.9. The van der Waals surface area contributed by atoms with Crippen molar-refractivity contribution >= 4 is 30.2 Å². The molecule has 10 heteroatoms. The van der Waals surface area contributed by atoms with Crippen LogP contribution < -0.4 is 15.3 Å². The second-order valence-corrected chi connectivity index (χ2v) is 16.4. The molecule has 2 aromatic rings. The molecular formula is C26H37BrFN3O4Si. The Kier molecular flexibility index (Phi) is 9.16. The zero-order valence-corrected chi connectivity index (χ0v) is 24.7. The number of methoxy groups -OCH3 is 1. The van der Waals surface area contributed by atoms with Crippen molar-refractivity contribution in [2.24, 2.45) is 0 Å². The fourth-order valence-corrected chi connectivity index (χ4v) is 11.4. The summed E-state index contributed by atoms with van der Waals surface area (Å²) in [6, 6.07) is 4.33. The predicted octanol–water partition coefficient (Wildman–Crippen LogP) is 5.76. The molecule has 0 radical (unpaired) electrons. The van der Waals surface area contributed by atoms with Crippen LogP contribution in [0.1, 0.15) is 75.6 Å². The number of fused-ring (bicyclic) bond motifs is 1. The van der Waals surface area contributed by atoms with Crippen molar-refractivity contribution in [1.29, 1.82) is 0 Å². The van der Waals surface area contributed by atoms with Gasteiger partial charge in [-0.25, -0.2) is 9.37 Å². The van der Waals surface area contributed by atoms with Crippen molar-refractivity contribution in [3.05, 3.63) is 55.9 Å². The van der Waals surface area contributed by atoms with Gasteiger partial charge < -0.3 is 14.5 Å². The summed E-state index contributed by atoms with van der Waals surface area (Å²) >= 11 is 3.37. The number of nitrogens with zero attached hydrogens (tertiary/aromatic N) is 2. The smallest absolute Gasteiger partial charge is 0.296 e. The van der Waals surface area contributed by atoms with Crippen LogP contribution >= 0.6 is 15.9 Å². The van der Waals surface area contributed by atoms with E-state index in [4.69, 9.17) is 9.16 Å². The van der Waals surface area contributed by atoms with Crippen molar-refractivity contribution in [1.82, 2.24) is 14.9 Å². The van der Waals surface area contributed by atoms with Crippen LogP contribution in [0.3, 0.4) is 0 Å². The van der Waals surface area contributed by atoms with E-state index in [2.05, 4.69) is 67.8 Å². The van der Waals surface area contributed by atoms with Gasteiger partial charge in [-0.05, 0) is 68.7 Å². The van der Waals surface area contributed by atoms with Gasteiger partial charge in [0.05, 0.1) is 19.2 Å². The van der Waals surface area contributed by atoms with Gasteiger partial charge in [-0.3, -0.25) is 14.2 Å². The number of aryl methyl sites for hydroxylation is 1. The maximum atomic E-state index is 13.8. The van der Waals surface area contributed by atoms with Crippen LogP contribution in [0.2, 0.25) is 16.6 Å². The monoisotopic (exact) mass is 581 g/mol. The highest BCUT2D eigenvalue weighted by molar-refractivity contribution is 9.10. The molecule has 0 spiro atoms. The van der Waals surface area contributed by atoms with Gasteiger partial charge in [-0.2, -0.15) is 0 Å². The Morgan fingerprint density at radius 3 is 2.44 bits per heavy atom. The van der Waals surface area contributed by atoms with Gasteiger partial charge in [0.2, 0.25) is 5.75 Å². The number of carbonyl (C=O) groups excluding carboxylic acids is 1. The first-order chi connectivity index (χ1) is 16.9. The molecule has 1 aromatic carbocycles. The Labute approximate surface area is 222 Å². The first-order valence-electron chi connectivity index (χ1n) is 12.5. The molecule has 1 amide bonds. The largest absolute Gasteiger partial charge is 0.537 e. The molecule has 0 saturated carbocycles. The highest BCUT2D eigenvalue weighted by Crippen LogP contribution is 2.43. The Morgan fingerprint density at radius 1 is 1.22 bits per heavy atom. The molecule has 7 nitrogen and oxygen atoms in total. The van der Waals surface area contributed by atoms with Crippen molar-refractivity contribution < 1.29 is 18.3 Å². The SMILES string of the molecule is COCCn1c(Br)nc(C(=O)NC2CCc3cc(F)ccc32)c(O[Si](C(C)C)(C(C)C)C(C)C)c1=O. The summed E-state index contributed by atoms with van der Waals surface area (Å²) in [5, 5.41) is 3.02. The lowest BCUT2D eigenvalue weighted by molar-refractivity contribution is 0.0928. The van der Waals surface area contributed by atoms with Gasteiger partial charge in [-0.1, -0.05) is 47.6 Å². The highest BCUT2D eigenvalue weighted by atomic mass is 79.9. The summed E-state index contributed by atoms with van der Waals surface area (Å²) in [7, 11) is -1.02. The minimum absolute atomic E-state index is 0.00750. The average molecular weight is 583 g/mol. The van der Waals surface area contributed by atoms with Gasteiger partial charge >= 0.3 is 0 Å². The topological polar surface area (TPSA) is 82.5 Å². The molecule has 1 heterocycles. The molecule has 0 saturated heterocycles. The Balaban J connectivity index is 2.09. The van der Waals surface area contributed by atoms with Crippen molar-refractivity contribution in [2.75, 3.05) is 13.7 Å². The lowest BCUT2D eigenvalue weighted by Crippen LogP contribution is -2.52. The van der Waals surface area contributed by atoms with Crippen LogP contribution in [-0.2, 0) is 17.7 Å². The van der Waals surface area contributed by atoms with E-state index in [9.17, 15) is 14.0 Å². The standard InChI is InChI=1S/C26H37BrFN3O4Si/c1-15(2)36(16(3)4,17(5)6)35-23-22(30-26(27)31(25(23)33)12-13-34-7)24(32)29-21-11-8-18-14-19(28)9-10-20(18)21/h9-10,14-17,21H,8,11-13H2,1-7H3,(H,29,32). The lowest BCUT2D eigenvalue weighted by atomic mass is 10.1. The molecule has 36 heavy (non-hydrogen) atoms. The summed E-state index contributed by atoms with van der Waals surface area (Å²) in [5.41, 5.74) is 1.91. The molecule has 0 bridgehead atoms. The molecule has 0 fully saturated rings. The number of amides is 1. The van der Waals surface area contributed by atoms with E-state index in [1.807, 2.05) is 0 Å². The van der Waals surface area contributed by atoms with Gasteiger partial charge in [0.25, 0.3) is 19.8 Å². The van der Waals surface area contributed by atoms with Gasteiger partial charge in [-0.15, -0.1) is 0 Å². The Bertz CT molecular complexity index is 1150. The number of carbonyl (C=O) groups is 1. The van der Waals surface area contributed by atoms with Gasteiger partial charge in [0, 0.05) is 7.11 Å². The third-order valence-corrected chi connectivity index (χ3v) is 13.9. The van der Waals surface area contributed by atoms with E-state index in [0.29, 0.717) is 19.4 Å². The highest BCUT2D eigenvalue weighted by Gasteiger charge is 2.48. The van der Waals surface area contributed by atoms with Crippen molar-refractivity contribution in [3.63, 3.8) is 0 Å². The molecule has 1 aromatic heterocycles. The average Bonchev–Trinajstić information content (AvgIpc) is 3.18.